The minimum Gasteiger partial charge on any atom is -0.463 e. The summed E-state index contributed by atoms with van der Waals surface area (Å²) in [6.07, 6.45) is 4.19. The maximum atomic E-state index is 5.91. The molecule has 3 nitrogen and oxygen atoms in total. The first-order valence-electron chi connectivity index (χ1n) is 5.49. The Labute approximate surface area is 107 Å². The van der Waals surface area contributed by atoms with Crippen LogP contribution >= 0.6 is 15.9 Å². The summed E-state index contributed by atoms with van der Waals surface area (Å²) in [6, 6.07) is 4.06. The maximum Gasteiger partial charge on any atom is 0.152 e. The summed E-state index contributed by atoms with van der Waals surface area (Å²) >= 11 is 3.52. The Kier molecular flexibility index (Phi) is 2.49. The van der Waals surface area contributed by atoms with Crippen LogP contribution in [-0.2, 0) is 6.42 Å². The van der Waals surface area contributed by atoms with Gasteiger partial charge in [-0.3, -0.25) is 0 Å². The van der Waals surface area contributed by atoms with Crippen LogP contribution < -0.4 is 5.73 Å². The average Bonchev–Trinajstić information content (AvgIpc) is 2.92. The van der Waals surface area contributed by atoms with Crippen LogP contribution in [0.4, 0.5) is 0 Å². The van der Waals surface area contributed by atoms with Crippen LogP contribution in [0.1, 0.15) is 12.5 Å². The molecule has 0 saturated carbocycles. The topological polar surface area (TPSA) is 52.3 Å². The van der Waals surface area contributed by atoms with E-state index in [1.807, 2.05) is 19.1 Å². The molecule has 0 aliphatic carbocycles. The van der Waals surface area contributed by atoms with Crippen LogP contribution in [0, 0.1) is 0 Å². The number of nitrogens with two attached hydrogens (primary N) is 1. The predicted octanol–water partition coefficient (Wildman–Crippen LogP) is 3.83. The van der Waals surface area contributed by atoms with E-state index in [0.717, 1.165) is 32.8 Å². The smallest absolute Gasteiger partial charge is 0.152 e. The molecule has 0 amide bonds. The molecule has 2 aromatic heterocycles. The fraction of sp³-hybridized carbons (Fsp3) is 0.231. The highest BCUT2D eigenvalue weighted by atomic mass is 79.9. The molecule has 0 fully saturated rings. The number of hydrogen-bond donors (Lipinski definition) is 1. The second kappa shape index (κ2) is 3.89. The van der Waals surface area contributed by atoms with Crippen LogP contribution in [0.3, 0.4) is 0 Å². The van der Waals surface area contributed by atoms with Gasteiger partial charge >= 0.3 is 0 Å². The fourth-order valence-electron chi connectivity index (χ4n) is 2.22. The molecule has 0 saturated heterocycles. The molecule has 4 heteroatoms. The number of benzene rings is 1. The van der Waals surface area contributed by atoms with E-state index in [0.29, 0.717) is 0 Å². The first kappa shape index (κ1) is 10.9. The van der Waals surface area contributed by atoms with Gasteiger partial charge in [-0.15, -0.1) is 0 Å². The fourth-order valence-corrected chi connectivity index (χ4v) is 2.84. The Morgan fingerprint density at radius 2 is 1.71 bits per heavy atom. The van der Waals surface area contributed by atoms with Crippen LogP contribution in [0.15, 0.2) is 38.0 Å². The number of rotatable bonds is 2. The van der Waals surface area contributed by atoms with Gasteiger partial charge in [0.1, 0.15) is 4.47 Å². The Balaban J connectivity index is 2.43. The van der Waals surface area contributed by atoms with E-state index in [1.54, 1.807) is 12.5 Å². The number of furan rings is 2. The van der Waals surface area contributed by atoms with Crippen molar-refractivity contribution in [2.75, 3.05) is 0 Å². The molecular weight excluding hydrogens is 282 g/mol. The van der Waals surface area contributed by atoms with E-state index in [-0.39, 0.29) is 6.04 Å². The van der Waals surface area contributed by atoms with Crippen LogP contribution in [0.25, 0.3) is 21.9 Å². The minimum atomic E-state index is 0.104. The van der Waals surface area contributed by atoms with Gasteiger partial charge in [-0.2, -0.15) is 0 Å². The molecule has 3 aromatic rings. The lowest BCUT2D eigenvalue weighted by Crippen LogP contribution is -2.18. The summed E-state index contributed by atoms with van der Waals surface area (Å²) in [5.41, 5.74) is 8.74. The van der Waals surface area contributed by atoms with Gasteiger partial charge in [-0.05, 0) is 47.0 Å². The van der Waals surface area contributed by atoms with E-state index in [4.69, 9.17) is 14.6 Å². The summed E-state index contributed by atoms with van der Waals surface area (Å²) in [7, 11) is 0. The van der Waals surface area contributed by atoms with Crippen molar-refractivity contribution in [3.63, 3.8) is 0 Å². The van der Waals surface area contributed by atoms with Crippen molar-refractivity contribution in [2.45, 2.75) is 19.4 Å². The first-order valence-corrected chi connectivity index (χ1v) is 6.28. The summed E-state index contributed by atoms with van der Waals surface area (Å²) in [6.45, 7) is 2.00. The van der Waals surface area contributed by atoms with Gasteiger partial charge < -0.3 is 14.6 Å². The molecule has 0 bridgehead atoms. The van der Waals surface area contributed by atoms with Crippen molar-refractivity contribution in [2.24, 2.45) is 5.73 Å². The van der Waals surface area contributed by atoms with Crippen molar-refractivity contribution in [3.8, 4) is 0 Å². The van der Waals surface area contributed by atoms with E-state index >= 15 is 0 Å². The number of hydrogen-bond acceptors (Lipinski definition) is 3. The third-order valence-electron chi connectivity index (χ3n) is 2.91. The lowest BCUT2D eigenvalue weighted by atomic mass is 10.00. The van der Waals surface area contributed by atoms with Crippen molar-refractivity contribution in [3.05, 3.63) is 34.7 Å². The molecule has 17 heavy (non-hydrogen) atoms. The second-order valence-electron chi connectivity index (χ2n) is 4.30. The van der Waals surface area contributed by atoms with E-state index in [2.05, 4.69) is 15.9 Å². The summed E-state index contributed by atoms with van der Waals surface area (Å²) in [5.74, 6) is 0. The molecule has 0 aliphatic heterocycles. The standard InChI is InChI=1S/C13H12BrNO2/c1-7(15)6-10-8-2-4-16-12(8)11(14)13-9(10)3-5-17-13/h2-5,7H,6,15H2,1H3/t7-/m1/s1. The second-order valence-corrected chi connectivity index (χ2v) is 5.09. The molecule has 2 heterocycles. The zero-order valence-corrected chi connectivity index (χ0v) is 11.0. The normalized spacial score (nSPS) is 13.6. The maximum absolute atomic E-state index is 5.91. The average molecular weight is 294 g/mol. The van der Waals surface area contributed by atoms with E-state index in [9.17, 15) is 0 Å². The Morgan fingerprint density at radius 3 is 2.18 bits per heavy atom. The summed E-state index contributed by atoms with van der Waals surface area (Å²) < 4.78 is 11.9. The largest absolute Gasteiger partial charge is 0.463 e. The van der Waals surface area contributed by atoms with Crippen molar-refractivity contribution < 1.29 is 8.83 Å². The van der Waals surface area contributed by atoms with Crippen molar-refractivity contribution in [1.82, 2.24) is 0 Å². The van der Waals surface area contributed by atoms with Gasteiger partial charge in [0.15, 0.2) is 11.2 Å². The van der Waals surface area contributed by atoms with Gasteiger partial charge in [-0.1, -0.05) is 0 Å². The van der Waals surface area contributed by atoms with Crippen molar-refractivity contribution >= 4 is 37.9 Å². The third-order valence-corrected chi connectivity index (χ3v) is 3.63. The van der Waals surface area contributed by atoms with Gasteiger partial charge in [0, 0.05) is 16.8 Å². The van der Waals surface area contributed by atoms with Gasteiger partial charge in [0.2, 0.25) is 0 Å². The molecular formula is C13H12BrNO2. The van der Waals surface area contributed by atoms with Gasteiger partial charge in [0.05, 0.1) is 12.5 Å². The molecule has 2 N–H and O–H groups in total. The molecule has 0 spiro atoms. The highest BCUT2D eigenvalue weighted by Crippen LogP contribution is 2.37. The summed E-state index contributed by atoms with van der Waals surface area (Å²) in [5, 5.41) is 2.20. The van der Waals surface area contributed by atoms with Crippen molar-refractivity contribution in [1.29, 1.82) is 0 Å². The molecule has 1 atom stereocenters. The molecule has 3 rings (SSSR count). The SMILES string of the molecule is C[C@@H](N)Cc1c2ccoc2c(Br)c2occc12. The molecule has 0 unspecified atom stereocenters. The lowest BCUT2D eigenvalue weighted by Gasteiger charge is -2.09. The van der Waals surface area contributed by atoms with E-state index < -0.39 is 0 Å². The first-order chi connectivity index (χ1) is 8.18. The quantitative estimate of drug-likeness (QED) is 0.781. The Hall–Kier alpha value is -1.26. The monoisotopic (exact) mass is 293 g/mol. The molecule has 0 radical (unpaired) electrons. The van der Waals surface area contributed by atoms with Gasteiger partial charge in [-0.25, -0.2) is 0 Å². The van der Waals surface area contributed by atoms with Crippen LogP contribution in [0.2, 0.25) is 0 Å². The van der Waals surface area contributed by atoms with E-state index in [1.165, 1.54) is 5.56 Å². The number of halogens is 1. The lowest BCUT2D eigenvalue weighted by molar-refractivity contribution is 0.600. The Morgan fingerprint density at radius 1 is 1.18 bits per heavy atom. The number of fused-ring (bicyclic) bond motifs is 2. The highest BCUT2D eigenvalue weighted by Gasteiger charge is 2.17. The molecule has 0 aliphatic rings. The highest BCUT2D eigenvalue weighted by molar-refractivity contribution is 9.10. The predicted molar refractivity (Wildman–Crippen MR) is 71.0 cm³/mol. The zero-order valence-electron chi connectivity index (χ0n) is 9.37. The molecule has 88 valence electrons. The summed E-state index contributed by atoms with van der Waals surface area (Å²) in [4.78, 5) is 0. The van der Waals surface area contributed by atoms with Crippen LogP contribution in [-0.4, -0.2) is 6.04 Å². The molecule has 1 aromatic carbocycles. The minimum absolute atomic E-state index is 0.104. The van der Waals surface area contributed by atoms with Crippen LogP contribution in [0.5, 0.6) is 0 Å². The third kappa shape index (κ3) is 1.59. The zero-order chi connectivity index (χ0) is 12.0. The van der Waals surface area contributed by atoms with Gasteiger partial charge in [0.25, 0.3) is 0 Å². The Bertz CT molecular complexity index is 629.